The lowest BCUT2D eigenvalue weighted by molar-refractivity contribution is 0.962. The molecule has 0 bridgehead atoms. The van der Waals surface area contributed by atoms with E-state index in [1.165, 1.54) is 5.56 Å². The van der Waals surface area contributed by atoms with Crippen LogP contribution in [-0.4, -0.2) is 12.5 Å². The van der Waals surface area contributed by atoms with Crippen LogP contribution in [0.4, 0.5) is 11.4 Å². The van der Waals surface area contributed by atoms with Gasteiger partial charge in [-0.1, -0.05) is 30.3 Å². The van der Waals surface area contributed by atoms with Crippen molar-refractivity contribution in [3.05, 3.63) is 60.2 Å². The Balaban J connectivity index is 1.93. The summed E-state index contributed by atoms with van der Waals surface area (Å²) in [6, 6.07) is 18.3. The van der Waals surface area contributed by atoms with Crippen molar-refractivity contribution in [3.63, 3.8) is 0 Å². The van der Waals surface area contributed by atoms with Gasteiger partial charge in [-0.15, -0.1) is 0 Å². The molecule has 0 heterocycles. The highest BCUT2D eigenvalue weighted by Crippen LogP contribution is 2.16. The molecule has 0 aliphatic heterocycles. The van der Waals surface area contributed by atoms with E-state index in [0.29, 0.717) is 6.54 Å². The Morgan fingerprint density at radius 2 is 1.53 bits per heavy atom. The van der Waals surface area contributed by atoms with E-state index in [9.17, 15) is 0 Å². The van der Waals surface area contributed by atoms with Gasteiger partial charge in [0.15, 0.2) is 5.96 Å². The normalized spacial score (nSPS) is 9.89. The number of para-hydroxylation sites is 1. The number of anilines is 2. The predicted octanol–water partition coefficient (Wildman–Crippen LogP) is 2.25. The highest BCUT2D eigenvalue weighted by molar-refractivity contribution is 5.75. The summed E-state index contributed by atoms with van der Waals surface area (Å²) in [4.78, 5) is 3.97. The van der Waals surface area contributed by atoms with E-state index in [1.54, 1.807) is 0 Å². The number of hydrogen-bond donors (Lipinski definition) is 3. The highest BCUT2D eigenvalue weighted by atomic mass is 15.0. The second kappa shape index (κ2) is 6.44. The maximum atomic E-state index is 5.28. The van der Waals surface area contributed by atoms with Crippen molar-refractivity contribution in [1.82, 2.24) is 0 Å². The fourth-order valence-electron chi connectivity index (χ4n) is 1.76. The summed E-state index contributed by atoms with van der Waals surface area (Å²) in [7, 11) is 0. The van der Waals surface area contributed by atoms with Crippen LogP contribution in [-0.2, 0) is 6.42 Å². The number of rotatable bonds is 5. The summed E-state index contributed by atoms with van der Waals surface area (Å²) >= 11 is 0. The largest absolute Gasteiger partial charge is 0.370 e. The van der Waals surface area contributed by atoms with Crippen LogP contribution in [0.15, 0.2) is 59.6 Å². The summed E-state index contributed by atoms with van der Waals surface area (Å²) < 4.78 is 0. The number of benzene rings is 2. The molecular formula is C15H18N4. The Labute approximate surface area is 113 Å². The molecular weight excluding hydrogens is 236 g/mol. The molecule has 0 atom stereocenters. The van der Waals surface area contributed by atoms with Crippen LogP contribution in [0.1, 0.15) is 5.56 Å². The second-order valence-corrected chi connectivity index (χ2v) is 4.24. The zero-order valence-electron chi connectivity index (χ0n) is 10.7. The summed E-state index contributed by atoms with van der Waals surface area (Å²) in [5, 5.41) is 3.34. The average Bonchev–Trinajstić information content (AvgIpc) is 2.42. The van der Waals surface area contributed by atoms with Crippen LogP contribution in [0, 0.1) is 0 Å². The van der Waals surface area contributed by atoms with Crippen molar-refractivity contribution in [2.45, 2.75) is 6.42 Å². The highest BCUT2D eigenvalue weighted by Gasteiger charge is 1.95. The molecule has 0 fully saturated rings. The molecule has 2 aromatic carbocycles. The van der Waals surface area contributed by atoms with E-state index in [1.807, 2.05) is 30.3 Å². The molecule has 0 amide bonds. The van der Waals surface area contributed by atoms with Gasteiger partial charge >= 0.3 is 0 Å². The van der Waals surface area contributed by atoms with Gasteiger partial charge in [0, 0.05) is 17.9 Å². The fraction of sp³-hybridized carbons (Fsp3) is 0.133. The van der Waals surface area contributed by atoms with Gasteiger partial charge in [-0.3, -0.25) is 4.99 Å². The van der Waals surface area contributed by atoms with Crippen LogP contribution < -0.4 is 16.8 Å². The van der Waals surface area contributed by atoms with Crippen LogP contribution in [0.25, 0.3) is 0 Å². The minimum Gasteiger partial charge on any atom is -0.370 e. The third-order valence-corrected chi connectivity index (χ3v) is 2.71. The molecule has 4 nitrogen and oxygen atoms in total. The Hall–Kier alpha value is -2.49. The monoisotopic (exact) mass is 254 g/mol. The van der Waals surface area contributed by atoms with Crippen molar-refractivity contribution >= 4 is 17.3 Å². The predicted molar refractivity (Wildman–Crippen MR) is 80.5 cm³/mol. The lowest BCUT2D eigenvalue weighted by Gasteiger charge is -2.07. The molecule has 4 heteroatoms. The van der Waals surface area contributed by atoms with Crippen LogP contribution in [0.5, 0.6) is 0 Å². The molecule has 0 spiro atoms. The van der Waals surface area contributed by atoms with Gasteiger partial charge in [-0.2, -0.15) is 0 Å². The first kappa shape index (κ1) is 13.0. The summed E-state index contributed by atoms with van der Waals surface area (Å²) in [5.74, 6) is 0.141. The number of nitrogens with zero attached hydrogens (tertiary/aromatic N) is 1. The van der Waals surface area contributed by atoms with Gasteiger partial charge in [0.05, 0.1) is 0 Å². The van der Waals surface area contributed by atoms with E-state index < -0.39 is 0 Å². The molecule has 0 radical (unpaired) electrons. The summed E-state index contributed by atoms with van der Waals surface area (Å²) in [6.45, 7) is 0.619. The molecule has 2 aromatic rings. The first-order valence-corrected chi connectivity index (χ1v) is 6.20. The molecule has 5 N–H and O–H groups in total. The lowest BCUT2D eigenvalue weighted by Crippen LogP contribution is -2.23. The summed E-state index contributed by atoms with van der Waals surface area (Å²) in [5.41, 5.74) is 13.9. The Morgan fingerprint density at radius 1 is 0.895 bits per heavy atom. The lowest BCUT2D eigenvalue weighted by atomic mass is 10.1. The van der Waals surface area contributed by atoms with Gasteiger partial charge in [0.25, 0.3) is 0 Å². The zero-order chi connectivity index (χ0) is 13.5. The zero-order valence-corrected chi connectivity index (χ0v) is 10.7. The number of aliphatic imine (C=N–C) groups is 1. The maximum Gasteiger partial charge on any atom is 0.185 e. The molecule has 0 unspecified atom stereocenters. The minimum atomic E-state index is 0.141. The third kappa shape index (κ3) is 4.35. The topological polar surface area (TPSA) is 76.4 Å². The minimum absolute atomic E-state index is 0.141. The van der Waals surface area contributed by atoms with Gasteiger partial charge in [0.2, 0.25) is 0 Å². The van der Waals surface area contributed by atoms with Crippen molar-refractivity contribution in [1.29, 1.82) is 0 Å². The Morgan fingerprint density at radius 3 is 2.16 bits per heavy atom. The van der Waals surface area contributed by atoms with Crippen molar-refractivity contribution in [2.75, 3.05) is 11.9 Å². The molecule has 0 saturated carbocycles. The summed E-state index contributed by atoms with van der Waals surface area (Å²) in [6.07, 6.45) is 0.837. The third-order valence-electron chi connectivity index (χ3n) is 2.71. The van der Waals surface area contributed by atoms with E-state index in [0.717, 1.165) is 17.8 Å². The van der Waals surface area contributed by atoms with Crippen molar-refractivity contribution in [2.24, 2.45) is 16.5 Å². The first-order valence-electron chi connectivity index (χ1n) is 6.20. The fourth-order valence-corrected chi connectivity index (χ4v) is 1.76. The number of nitrogens with one attached hydrogen (secondary N) is 1. The van der Waals surface area contributed by atoms with Crippen molar-refractivity contribution in [3.8, 4) is 0 Å². The van der Waals surface area contributed by atoms with E-state index in [4.69, 9.17) is 11.5 Å². The molecule has 0 saturated heterocycles. The molecule has 0 aromatic heterocycles. The SMILES string of the molecule is NC(N)=NCCc1ccc(Nc2ccccc2)cc1. The van der Waals surface area contributed by atoms with Crippen molar-refractivity contribution < 1.29 is 0 Å². The van der Waals surface area contributed by atoms with Gasteiger partial charge in [-0.05, 0) is 36.2 Å². The Kier molecular flexibility index (Phi) is 4.39. The maximum absolute atomic E-state index is 5.28. The molecule has 19 heavy (non-hydrogen) atoms. The van der Waals surface area contributed by atoms with E-state index in [2.05, 4.69) is 34.6 Å². The number of nitrogens with two attached hydrogens (primary N) is 2. The molecule has 98 valence electrons. The van der Waals surface area contributed by atoms with Gasteiger partial charge in [-0.25, -0.2) is 0 Å². The van der Waals surface area contributed by atoms with E-state index >= 15 is 0 Å². The van der Waals surface area contributed by atoms with E-state index in [-0.39, 0.29) is 5.96 Å². The standard InChI is InChI=1S/C15H18N4/c16-15(17)18-11-10-12-6-8-14(9-7-12)19-13-4-2-1-3-5-13/h1-9,19H,10-11H2,(H4,16,17,18). The van der Waals surface area contributed by atoms with Gasteiger partial charge in [0.1, 0.15) is 0 Å². The molecule has 0 aliphatic rings. The molecule has 2 rings (SSSR count). The van der Waals surface area contributed by atoms with Crippen LogP contribution >= 0.6 is 0 Å². The Bertz CT molecular complexity index is 528. The number of guanidine groups is 1. The second-order valence-electron chi connectivity index (χ2n) is 4.24. The molecule has 0 aliphatic carbocycles. The van der Waals surface area contributed by atoms with Crippen LogP contribution in [0.3, 0.4) is 0 Å². The van der Waals surface area contributed by atoms with Gasteiger partial charge < -0.3 is 16.8 Å². The quantitative estimate of drug-likeness (QED) is 0.565. The van der Waals surface area contributed by atoms with Crippen LogP contribution in [0.2, 0.25) is 0 Å². The smallest absolute Gasteiger partial charge is 0.185 e. The first-order chi connectivity index (χ1) is 9.24. The average molecular weight is 254 g/mol. The number of hydrogen-bond acceptors (Lipinski definition) is 2.